The van der Waals surface area contributed by atoms with Gasteiger partial charge in [-0.15, -0.1) is 0 Å². The van der Waals surface area contributed by atoms with Gasteiger partial charge in [0.1, 0.15) is 0 Å². The highest BCUT2D eigenvalue weighted by atomic mass is 32.2. The van der Waals surface area contributed by atoms with Crippen molar-refractivity contribution in [3.05, 3.63) is 29.8 Å². The summed E-state index contributed by atoms with van der Waals surface area (Å²) in [4.78, 5) is 0.316. The van der Waals surface area contributed by atoms with Gasteiger partial charge in [-0.3, -0.25) is 0 Å². The Morgan fingerprint density at radius 2 is 1.94 bits per heavy atom. The molecule has 98 valence electrons. The van der Waals surface area contributed by atoms with Crippen molar-refractivity contribution in [1.82, 2.24) is 4.31 Å². The van der Waals surface area contributed by atoms with Gasteiger partial charge in [0.15, 0.2) is 0 Å². The van der Waals surface area contributed by atoms with Gasteiger partial charge >= 0.3 is 0 Å². The topological polar surface area (TPSA) is 57.4 Å². The van der Waals surface area contributed by atoms with Gasteiger partial charge in [-0.05, 0) is 38.8 Å². The Labute approximate surface area is 107 Å². The predicted molar refractivity (Wildman–Crippen MR) is 67.6 cm³/mol. The number of piperidine rings is 1. The normalized spacial score (nSPS) is 38.5. The third kappa shape index (κ3) is 1.47. The Kier molecular flexibility index (Phi) is 2.40. The van der Waals surface area contributed by atoms with Crippen LogP contribution in [0.5, 0.6) is 0 Å². The third-order valence-corrected chi connectivity index (χ3v) is 6.24. The van der Waals surface area contributed by atoms with E-state index >= 15 is 0 Å². The molecule has 4 atom stereocenters. The van der Waals surface area contributed by atoms with Crippen LogP contribution in [-0.2, 0) is 10.0 Å². The molecule has 0 spiro atoms. The van der Waals surface area contributed by atoms with Crippen molar-refractivity contribution in [2.24, 2.45) is 0 Å². The largest absolute Gasteiger partial charge is 0.391 e. The maximum atomic E-state index is 12.5. The summed E-state index contributed by atoms with van der Waals surface area (Å²) in [5.74, 6) is 0. The molecule has 0 amide bonds. The van der Waals surface area contributed by atoms with Gasteiger partial charge in [0, 0.05) is 0 Å². The molecule has 1 saturated heterocycles. The fourth-order valence-electron chi connectivity index (χ4n) is 3.10. The van der Waals surface area contributed by atoms with Gasteiger partial charge < -0.3 is 5.11 Å². The molecule has 1 saturated carbocycles. The zero-order valence-corrected chi connectivity index (χ0v) is 11.3. The summed E-state index contributed by atoms with van der Waals surface area (Å²) in [6.45, 7) is 3.84. The van der Waals surface area contributed by atoms with Gasteiger partial charge in [-0.2, -0.15) is 4.31 Å². The number of aryl methyl sites for hydroxylation is 1. The number of nitrogens with zero attached hydrogens (tertiary/aromatic N) is 1. The van der Waals surface area contributed by atoms with Crippen molar-refractivity contribution in [2.45, 2.75) is 49.3 Å². The summed E-state index contributed by atoms with van der Waals surface area (Å²) in [5, 5.41) is 9.82. The summed E-state index contributed by atoms with van der Waals surface area (Å²) >= 11 is 0. The molecule has 1 aliphatic carbocycles. The fourth-order valence-corrected chi connectivity index (χ4v) is 5.17. The zero-order valence-electron chi connectivity index (χ0n) is 10.5. The number of benzene rings is 1. The first-order chi connectivity index (χ1) is 8.37. The lowest BCUT2D eigenvalue weighted by atomic mass is 10.1. The van der Waals surface area contributed by atoms with Crippen molar-refractivity contribution >= 4 is 10.0 Å². The molecule has 1 aromatic carbocycles. The lowest BCUT2D eigenvalue weighted by Gasteiger charge is -2.14. The molecular weight excluding hydrogens is 250 g/mol. The number of aliphatic hydroxyl groups is 1. The maximum Gasteiger partial charge on any atom is 0.244 e. The van der Waals surface area contributed by atoms with Crippen LogP contribution in [0.3, 0.4) is 0 Å². The van der Waals surface area contributed by atoms with Crippen molar-refractivity contribution in [3.8, 4) is 0 Å². The Bertz CT molecular complexity index is 581. The molecule has 1 heterocycles. The molecule has 18 heavy (non-hydrogen) atoms. The Hall–Kier alpha value is -0.910. The summed E-state index contributed by atoms with van der Waals surface area (Å²) in [6, 6.07) is 6.63. The second kappa shape index (κ2) is 3.56. The second-order valence-corrected chi connectivity index (χ2v) is 7.34. The number of rotatable bonds is 2. The van der Waals surface area contributed by atoms with E-state index in [0.717, 1.165) is 12.0 Å². The van der Waals surface area contributed by atoms with Crippen LogP contribution in [-0.4, -0.2) is 35.5 Å². The predicted octanol–water partition coefficient (Wildman–Crippen LogP) is 1.28. The molecule has 2 fully saturated rings. The van der Waals surface area contributed by atoms with E-state index < -0.39 is 16.1 Å². The number of hydrogen-bond acceptors (Lipinski definition) is 3. The van der Waals surface area contributed by atoms with Gasteiger partial charge in [0.25, 0.3) is 0 Å². The summed E-state index contributed by atoms with van der Waals surface area (Å²) in [6.07, 6.45) is 0.917. The molecule has 0 bridgehead atoms. The number of sulfonamides is 1. The molecule has 1 N–H and O–H groups in total. The Morgan fingerprint density at radius 1 is 1.33 bits per heavy atom. The van der Waals surface area contributed by atoms with E-state index in [1.807, 2.05) is 13.8 Å². The minimum atomic E-state index is -3.46. The Morgan fingerprint density at radius 3 is 2.44 bits per heavy atom. The van der Waals surface area contributed by atoms with Crippen LogP contribution in [0, 0.1) is 6.92 Å². The monoisotopic (exact) mass is 267 g/mol. The van der Waals surface area contributed by atoms with Crippen LogP contribution < -0.4 is 0 Å². The lowest BCUT2D eigenvalue weighted by Crippen LogP contribution is -2.25. The molecule has 1 unspecified atom stereocenters. The van der Waals surface area contributed by atoms with Crippen LogP contribution in [0.15, 0.2) is 29.2 Å². The molecule has 0 radical (unpaired) electrons. The lowest BCUT2D eigenvalue weighted by molar-refractivity contribution is 0.164. The van der Waals surface area contributed by atoms with Gasteiger partial charge in [0.05, 0.1) is 22.6 Å². The molecule has 1 aromatic rings. The van der Waals surface area contributed by atoms with Crippen LogP contribution in [0.2, 0.25) is 0 Å². The minimum absolute atomic E-state index is 0.233. The third-order valence-electron chi connectivity index (χ3n) is 4.21. The molecule has 0 aromatic heterocycles. The number of hydrogen-bond donors (Lipinski definition) is 1. The molecular formula is C13H17NO3S. The quantitative estimate of drug-likeness (QED) is 0.821. The van der Waals surface area contributed by atoms with Crippen LogP contribution in [0.25, 0.3) is 0 Å². The number of fused-ring (bicyclic) bond motifs is 1. The zero-order chi connectivity index (χ0) is 13.1. The van der Waals surface area contributed by atoms with Crippen LogP contribution in [0.1, 0.15) is 25.3 Å². The average molecular weight is 267 g/mol. The average Bonchev–Trinajstić information content (AvgIpc) is 2.85. The highest BCUT2D eigenvalue weighted by Crippen LogP contribution is 2.55. The van der Waals surface area contributed by atoms with E-state index in [1.165, 1.54) is 4.31 Å². The summed E-state index contributed by atoms with van der Waals surface area (Å²) < 4.78 is 26.4. The number of aliphatic hydroxyl groups excluding tert-OH is 1. The van der Waals surface area contributed by atoms with E-state index in [2.05, 4.69) is 0 Å². The Balaban J connectivity index is 1.96. The van der Waals surface area contributed by atoms with Crippen molar-refractivity contribution in [1.29, 1.82) is 0 Å². The second-order valence-electron chi connectivity index (χ2n) is 5.52. The van der Waals surface area contributed by atoms with Crippen molar-refractivity contribution < 1.29 is 13.5 Å². The van der Waals surface area contributed by atoms with E-state index in [-0.39, 0.29) is 11.6 Å². The maximum absolute atomic E-state index is 12.5. The van der Waals surface area contributed by atoms with Crippen LogP contribution >= 0.6 is 0 Å². The first kappa shape index (κ1) is 12.1. The smallest absolute Gasteiger partial charge is 0.244 e. The van der Waals surface area contributed by atoms with Crippen LogP contribution in [0.4, 0.5) is 0 Å². The standard InChI is InChI=1S/C13H17NO3S/c1-9-3-5-10(6-4-9)18(16,17)14-12-11(15)7-8-13(12,14)2/h3-6,11-12,15H,7-8H2,1-2H3/t11-,12-,13+,14?/m1/s1. The summed E-state index contributed by atoms with van der Waals surface area (Å²) in [7, 11) is -3.46. The molecule has 2 aliphatic rings. The highest BCUT2D eigenvalue weighted by Gasteiger charge is 2.70. The van der Waals surface area contributed by atoms with Crippen molar-refractivity contribution in [2.75, 3.05) is 0 Å². The molecule has 1 aliphatic heterocycles. The minimum Gasteiger partial charge on any atom is -0.391 e. The first-order valence-electron chi connectivity index (χ1n) is 6.17. The van der Waals surface area contributed by atoms with E-state index in [4.69, 9.17) is 0 Å². The van der Waals surface area contributed by atoms with Gasteiger partial charge in [0.2, 0.25) is 10.0 Å². The van der Waals surface area contributed by atoms with E-state index in [9.17, 15) is 13.5 Å². The summed E-state index contributed by atoms with van der Waals surface area (Å²) in [5.41, 5.74) is 0.662. The fraction of sp³-hybridized carbons (Fsp3) is 0.538. The highest BCUT2D eigenvalue weighted by molar-refractivity contribution is 7.89. The first-order valence-corrected chi connectivity index (χ1v) is 7.61. The SMILES string of the molecule is Cc1ccc(S(=O)(=O)N2[C@@H]3[C@H](O)CC[C@@]32C)cc1. The molecule has 5 heteroatoms. The van der Waals surface area contributed by atoms with Gasteiger partial charge in [-0.1, -0.05) is 17.7 Å². The molecule has 4 nitrogen and oxygen atoms in total. The van der Waals surface area contributed by atoms with E-state index in [1.54, 1.807) is 24.3 Å². The molecule has 3 rings (SSSR count). The van der Waals surface area contributed by atoms with Crippen molar-refractivity contribution in [3.63, 3.8) is 0 Å². The van der Waals surface area contributed by atoms with Gasteiger partial charge in [-0.25, -0.2) is 8.42 Å². The van der Waals surface area contributed by atoms with E-state index in [0.29, 0.717) is 11.3 Å².